The molecule has 1 aromatic carbocycles. The van der Waals surface area contributed by atoms with E-state index in [1.54, 1.807) is 11.0 Å². The number of carbonyl (C=O) groups is 1. The van der Waals surface area contributed by atoms with Crippen LogP contribution in [0.2, 0.25) is 0 Å². The van der Waals surface area contributed by atoms with Crippen LogP contribution >= 0.6 is 0 Å². The molecular formula is C12H13FNO. The smallest absolute Gasteiger partial charge is 0.256 e. The van der Waals surface area contributed by atoms with Crippen molar-refractivity contribution in [3.05, 3.63) is 35.6 Å². The van der Waals surface area contributed by atoms with Crippen LogP contribution in [0.25, 0.3) is 0 Å². The number of hydrogen-bond acceptors (Lipinski definition) is 1. The number of hydrogen-bond donors (Lipinski definition) is 0. The van der Waals surface area contributed by atoms with Gasteiger partial charge in [-0.05, 0) is 23.6 Å². The minimum atomic E-state index is -0.493. The summed E-state index contributed by atoms with van der Waals surface area (Å²) >= 11 is 0. The Labute approximate surface area is 88.7 Å². The van der Waals surface area contributed by atoms with E-state index in [4.69, 9.17) is 0 Å². The fourth-order valence-electron chi connectivity index (χ4n) is 1.88. The molecule has 1 aliphatic rings. The Morgan fingerprint density at radius 1 is 1.53 bits per heavy atom. The molecule has 1 amide bonds. The zero-order valence-corrected chi connectivity index (χ0v) is 8.88. The Morgan fingerprint density at radius 3 is 2.73 bits per heavy atom. The number of amides is 1. The van der Waals surface area contributed by atoms with Crippen LogP contribution in [0.4, 0.5) is 4.39 Å². The van der Waals surface area contributed by atoms with Crippen molar-refractivity contribution < 1.29 is 9.18 Å². The predicted octanol–water partition coefficient (Wildman–Crippen LogP) is 2.11. The molecule has 0 saturated carbocycles. The second-order valence-electron chi connectivity index (χ2n) is 4.73. The van der Waals surface area contributed by atoms with Crippen LogP contribution in [0.3, 0.4) is 0 Å². The highest BCUT2D eigenvalue weighted by Crippen LogP contribution is 2.30. The van der Waals surface area contributed by atoms with Gasteiger partial charge < -0.3 is 4.90 Å². The van der Waals surface area contributed by atoms with Crippen LogP contribution in [0.15, 0.2) is 18.2 Å². The highest BCUT2D eigenvalue weighted by Gasteiger charge is 2.37. The fourth-order valence-corrected chi connectivity index (χ4v) is 1.88. The van der Waals surface area contributed by atoms with E-state index < -0.39 is 5.82 Å². The summed E-state index contributed by atoms with van der Waals surface area (Å²) in [5, 5.41) is 0. The molecule has 2 rings (SSSR count). The van der Waals surface area contributed by atoms with Gasteiger partial charge in [0.2, 0.25) is 0 Å². The number of halogens is 1. The molecule has 1 heterocycles. The lowest BCUT2D eigenvalue weighted by molar-refractivity contribution is 0.0232. The predicted molar refractivity (Wildman–Crippen MR) is 54.9 cm³/mol. The average Bonchev–Trinajstić information content (AvgIpc) is 2.14. The van der Waals surface area contributed by atoms with E-state index in [0.29, 0.717) is 13.1 Å². The molecule has 0 atom stereocenters. The Balaban J connectivity index is 2.14. The summed E-state index contributed by atoms with van der Waals surface area (Å²) in [5.41, 5.74) is 0.316. The van der Waals surface area contributed by atoms with E-state index in [2.05, 4.69) is 19.9 Å². The summed E-state index contributed by atoms with van der Waals surface area (Å²) in [4.78, 5) is 13.5. The number of nitrogens with zero attached hydrogens (tertiary/aromatic N) is 1. The summed E-state index contributed by atoms with van der Waals surface area (Å²) < 4.78 is 13.3. The van der Waals surface area contributed by atoms with Crippen LogP contribution in [-0.2, 0) is 0 Å². The lowest BCUT2D eigenvalue weighted by Gasteiger charge is -2.45. The van der Waals surface area contributed by atoms with E-state index in [1.807, 2.05) is 0 Å². The van der Waals surface area contributed by atoms with E-state index in [0.717, 1.165) is 0 Å². The largest absolute Gasteiger partial charge is 0.337 e. The molecule has 0 N–H and O–H groups in total. The third kappa shape index (κ3) is 1.87. The first-order chi connectivity index (χ1) is 6.99. The summed E-state index contributed by atoms with van der Waals surface area (Å²) in [6, 6.07) is 6.83. The standard InChI is InChI=1S/C12H13FNO/c1-12(2)7-14(8-12)11(15)9-5-3-4-6-10(9)13/h3,5-6H,7-8H2,1-2H3. The van der Waals surface area contributed by atoms with Crippen LogP contribution in [0, 0.1) is 17.3 Å². The minimum Gasteiger partial charge on any atom is -0.337 e. The van der Waals surface area contributed by atoms with Gasteiger partial charge >= 0.3 is 0 Å². The molecule has 1 fully saturated rings. The van der Waals surface area contributed by atoms with Crippen LogP contribution in [-0.4, -0.2) is 23.9 Å². The fraction of sp³-hybridized carbons (Fsp3) is 0.417. The maximum atomic E-state index is 13.3. The average molecular weight is 206 g/mol. The molecule has 3 heteroatoms. The molecule has 0 aliphatic carbocycles. The molecule has 0 aromatic heterocycles. The van der Waals surface area contributed by atoms with Gasteiger partial charge in [-0.2, -0.15) is 0 Å². The van der Waals surface area contributed by atoms with E-state index >= 15 is 0 Å². The zero-order valence-electron chi connectivity index (χ0n) is 8.88. The number of rotatable bonds is 1. The normalized spacial score (nSPS) is 18.5. The maximum absolute atomic E-state index is 13.3. The Hall–Kier alpha value is -1.38. The first-order valence-electron chi connectivity index (χ1n) is 4.94. The lowest BCUT2D eigenvalue weighted by Crippen LogP contribution is -2.55. The third-order valence-corrected chi connectivity index (χ3v) is 2.57. The van der Waals surface area contributed by atoms with Gasteiger partial charge in [0.05, 0.1) is 5.56 Å². The molecule has 1 aliphatic heterocycles. The van der Waals surface area contributed by atoms with Crippen molar-refractivity contribution in [1.82, 2.24) is 4.90 Å². The first-order valence-corrected chi connectivity index (χ1v) is 4.94. The highest BCUT2D eigenvalue weighted by molar-refractivity contribution is 5.95. The van der Waals surface area contributed by atoms with Crippen molar-refractivity contribution in [2.75, 3.05) is 13.1 Å². The summed E-state index contributed by atoms with van der Waals surface area (Å²) in [5.74, 6) is -0.715. The quantitative estimate of drug-likeness (QED) is 0.689. The van der Waals surface area contributed by atoms with Crippen molar-refractivity contribution in [3.8, 4) is 0 Å². The molecule has 2 nitrogen and oxygen atoms in total. The maximum Gasteiger partial charge on any atom is 0.256 e. The highest BCUT2D eigenvalue weighted by atomic mass is 19.1. The number of carbonyl (C=O) groups excluding carboxylic acids is 1. The molecule has 0 unspecified atom stereocenters. The van der Waals surface area contributed by atoms with Gasteiger partial charge in [-0.3, -0.25) is 4.79 Å². The van der Waals surface area contributed by atoms with Gasteiger partial charge in [0.25, 0.3) is 5.91 Å². The monoisotopic (exact) mass is 206 g/mol. The molecule has 0 bridgehead atoms. The first kappa shape index (κ1) is 10.1. The molecule has 1 radical (unpaired) electrons. The van der Waals surface area contributed by atoms with E-state index in [-0.39, 0.29) is 16.9 Å². The van der Waals surface area contributed by atoms with Crippen molar-refractivity contribution in [3.63, 3.8) is 0 Å². The van der Waals surface area contributed by atoms with Gasteiger partial charge in [-0.15, -0.1) is 0 Å². The van der Waals surface area contributed by atoms with Gasteiger partial charge in [0, 0.05) is 13.1 Å². The van der Waals surface area contributed by atoms with Gasteiger partial charge in [-0.25, -0.2) is 4.39 Å². The van der Waals surface area contributed by atoms with Crippen molar-refractivity contribution >= 4 is 5.91 Å². The van der Waals surface area contributed by atoms with Crippen molar-refractivity contribution in [2.45, 2.75) is 13.8 Å². The van der Waals surface area contributed by atoms with Crippen LogP contribution < -0.4 is 0 Å². The van der Waals surface area contributed by atoms with Crippen molar-refractivity contribution in [2.24, 2.45) is 5.41 Å². The third-order valence-electron chi connectivity index (χ3n) is 2.57. The number of likely N-dealkylation sites (tertiary alicyclic amines) is 1. The Kier molecular flexibility index (Phi) is 2.25. The van der Waals surface area contributed by atoms with E-state index in [1.165, 1.54) is 12.1 Å². The van der Waals surface area contributed by atoms with Gasteiger partial charge in [0.15, 0.2) is 0 Å². The summed E-state index contributed by atoms with van der Waals surface area (Å²) in [6.07, 6.45) is 0. The molecule has 15 heavy (non-hydrogen) atoms. The topological polar surface area (TPSA) is 20.3 Å². The Bertz CT molecular complexity index is 392. The minimum absolute atomic E-state index is 0.143. The molecule has 79 valence electrons. The lowest BCUT2D eigenvalue weighted by atomic mass is 9.84. The van der Waals surface area contributed by atoms with Crippen molar-refractivity contribution in [1.29, 1.82) is 0 Å². The molecular weight excluding hydrogens is 193 g/mol. The molecule has 0 spiro atoms. The van der Waals surface area contributed by atoms with E-state index in [9.17, 15) is 9.18 Å². The summed E-state index contributed by atoms with van der Waals surface area (Å²) in [6.45, 7) is 5.57. The number of benzene rings is 1. The van der Waals surface area contributed by atoms with Gasteiger partial charge in [-0.1, -0.05) is 19.9 Å². The SMILES string of the molecule is CC1(C)CN(C(=O)c2cc[c]cc2F)C1. The zero-order chi connectivity index (χ0) is 11.1. The van der Waals surface area contributed by atoms with Crippen LogP contribution in [0.1, 0.15) is 24.2 Å². The summed E-state index contributed by atoms with van der Waals surface area (Å²) in [7, 11) is 0. The molecule has 1 saturated heterocycles. The second-order valence-corrected chi connectivity index (χ2v) is 4.73. The van der Waals surface area contributed by atoms with Crippen LogP contribution in [0.5, 0.6) is 0 Å². The second kappa shape index (κ2) is 3.33. The molecule has 1 aromatic rings. The van der Waals surface area contributed by atoms with Gasteiger partial charge in [0.1, 0.15) is 5.82 Å². The Morgan fingerprint density at radius 2 is 2.20 bits per heavy atom.